The van der Waals surface area contributed by atoms with E-state index in [1.54, 1.807) is 53.7 Å². The Morgan fingerprint density at radius 2 is 0.973 bits per heavy atom. The van der Waals surface area contributed by atoms with Gasteiger partial charge in [0.2, 0.25) is 24.4 Å². The molecule has 2 amide bonds. The minimum atomic E-state index is -1.60. The number of H-pyrrole nitrogens is 2. The lowest BCUT2D eigenvalue weighted by atomic mass is 9.89. The van der Waals surface area contributed by atoms with Gasteiger partial charge in [-0.25, -0.2) is 19.2 Å². The maximum atomic E-state index is 13.3. The number of aryl methyl sites for hydroxylation is 4. The van der Waals surface area contributed by atoms with E-state index in [0.29, 0.717) is 11.4 Å². The van der Waals surface area contributed by atoms with Crippen molar-refractivity contribution in [3.63, 3.8) is 0 Å². The van der Waals surface area contributed by atoms with Gasteiger partial charge in [0.05, 0.1) is 22.0 Å². The van der Waals surface area contributed by atoms with Crippen LogP contribution in [0.25, 0.3) is 21.9 Å². The third kappa shape index (κ3) is 10.4. The molecule has 2 saturated heterocycles. The molecule has 0 aliphatic carbocycles. The Hall–Kier alpha value is -7.74. The van der Waals surface area contributed by atoms with Crippen molar-refractivity contribution in [3.05, 3.63) is 103 Å². The Balaban J connectivity index is 0.940. The number of methoxy groups -OCH3 is 2. The Morgan fingerprint density at radius 3 is 1.31 bits per heavy atom. The number of ether oxygens (including phenoxy) is 8. The Morgan fingerprint density at radius 1 is 0.600 bits per heavy atom. The molecule has 0 radical (unpaired) electrons. The summed E-state index contributed by atoms with van der Waals surface area (Å²) in [6.07, 6.45) is -11.6. The topological polar surface area (TPSA) is 339 Å². The smallest absolute Gasteiger partial charge is 0.364 e. The van der Waals surface area contributed by atoms with Crippen LogP contribution in [0.15, 0.2) is 67.0 Å². The number of aromatic hydroxyl groups is 2. The molecule has 2 fully saturated rings. The van der Waals surface area contributed by atoms with Crippen molar-refractivity contribution in [3.8, 4) is 23.0 Å². The van der Waals surface area contributed by atoms with Crippen molar-refractivity contribution in [2.24, 2.45) is 0 Å². The molecule has 8 rings (SSSR count). The molecule has 0 bridgehead atoms. The Kier molecular flexibility index (Phi) is 14.7. The van der Waals surface area contributed by atoms with Crippen molar-refractivity contribution in [1.29, 1.82) is 0 Å². The fourth-order valence-electron chi connectivity index (χ4n) is 9.21. The summed E-state index contributed by atoms with van der Waals surface area (Å²) in [6, 6.07) is 11.8. The molecule has 2 aromatic carbocycles. The highest BCUT2D eigenvalue weighted by molar-refractivity contribution is 6.10. The fraction of sp³-hybridized carbons (Fsp3) is 0.412. The lowest BCUT2D eigenvalue weighted by Crippen LogP contribution is -2.65. The van der Waals surface area contributed by atoms with Crippen LogP contribution in [-0.4, -0.2) is 129 Å². The molecule has 24 nitrogen and oxygen atoms in total. The van der Waals surface area contributed by atoms with E-state index in [0.717, 1.165) is 0 Å². The van der Waals surface area contributed by atoms with E-state index in [1.165, 1.54) is 64.5 Å². The van der Waals surface area contributed by atoms with Gasteiger partial charge in [-0.2, -0.15) is 0 Å². The van der Waals surface area contributed by atoms with Gasteiger partial charge in [0.15, 0.2) is 47.3 Å². The van der Waals surface area contributed by atoms with E-state index in [-0.39, 0.29) is 56.0 Å². The molecule has 8 N–H and O–H groups in total. The number of aromatic amines is 2. The zero-order valence-electron chi connectivity index (χ0n) is 42.3. The third-order valence-electron chi connectivity index (χ3n) is 13.0. The van der Waals surface area contributed by atoms with Crippen molar-refractivity contribution < 1.29 is 86.3 Å². The first kappa shape index (κ1) is 53.5. The molecule has 6 heterocycles. The second-order valence-corrected chi connectivity index (χ2v) is 19.2. The average Bonchev–Trinajstić information content (AvgIpc) is 3.99. The van der Waals surface area contributed by atoms with E-state index in [4.69, 9.17) is 46.7 Å². The highest BCUT2D eigenvalue weighted by Crippen LogP contribution is 2.41. The monoisotopic (exact) mass is 1040 g/mol. The molecule has 6 aromatic rings. The number of amides is 2. The molecule has 8 atom stereocenters. The summed E-state index contributed by atoms with van der Waals surface area (Å²) in [4.78, 5) is 84.7. The average molecular weight is 1050 g/mol. The molecular formula is C51H56N4O20. The largest absolute Gasteiger partial charge is 0.505 e. The summed E-state index contributed by atoms with van der Waals surface area (Å²) in [6.45, 7) is 13.1. The number of benzene rings is 2. The minimum absolute atomic E-state index is 0.0296. The van der Waals surface area contributed by atoms with Gasteiger partial charge in [-0.15, -0.1) is 0 Å². The van der Waals surface area contributed by atoms with Crippen LogP contribution in [0, 0.1) is 27.7 Å². The van der Waals surface area contributed by atoms with Gasteiger partial charge in [0, 0.05) is 36.7 Å². The number of carbonyl (C=O) groups is 4. The minimum Gasteiger partial charge on any atom is -0.505 e. The van der Waals surface area contributed by atoms with E-state index >= 15 is 0 Å². The number of aliphatic hydroxyl groups excluding tert-OH is 2. The first-order valence-corrected chi connectivity index (χ1v) is 23.4. The van der Waals surface area contributed by atoms with E-state index < -0.39 is 125 Å². The van der Waals surface area contributed by atoms with Crippen molar-refractivity contribution in [1.82, 2.24) is 9.97 Å². The predicted molar refractivity (Wildman–Crippen MR) is 262 cm³/mol. The maximum absolute atomic E-state index is 13.3. The lowest BCUT2D eigenvalue weighted by molar-refractivity contribution is -0.305. The maximum Gasteiger partial charge on any atom is 0.364 e. The number of aliphatic hydroxyl groups is 2. The van der Waals surface area contributed by atoms with Crippen molar-refractivity contribution in [2.45, 2.75) is 122 Å². The van der Waals surface area contributed by atoms with Crippen molar-refractivity contribution >= 4 is 57.1 Å². The van der Waals surface area contributed by atoms with Crippen LogP contribution in [0.2, 0.25) is 0 Å². The number of carbonyl (C=O) groups excluding carboxylic acids is 4. The predicted octanol–water partition coefficient (Wildman–Crippen LogP) is 4.40. The highest BCUT2D eigenvalue weighted by Gasteiger charge is 2.55. The number of hydrogen-bond acceptors (Lipinski definition) is 20. The number of aromatic nitrogens is 2. The summed E-state index contributed by atoms with van der Waals surface area (Å²) < 4.78 is 57.9. The number of rotatable bonds is 14. The normalized spacial score (nSPS) is 23.1. The zero-order chi connectivity index (χ0) is 54.6. The van der Waals surface area contributed by atoms with Crippen LogP contribution < -0.4 is 31.4 Å². The SMILES string of the molecule is COC1C(OC(=O)c2ccc(C)[nH]2)C(O)C(Oc2ccc3c(O)c(NC(=O)CC(=O)Nc4c(O)c5ccc(OC6OC(C)(C)C(OC)C(OC(=O)c7ccc(C)[nH]7)C6O)c(C)c5oc4=O)c(=O)oc3c2C)OC1(C)C. The molecule has 8 unspecified atom stereocenters. The van der Waals surface area contributed by atoms with Crippen molar-refractivity contribution in [2.75, 3.05) is 24.9 Å². The molecule has 75 heavy (non-hydrogen) atoms. The number of esters is 2. The van der Waals surface area contributed by atoms with Gasteiger partial charge < -0.3 is 87.8 Å². The third-order valence-corrected chi connectivity index (χ3v) is 13.0. The lowest BCUT2D eigenvalue weighted by Gasteiger charge is -2.47. The van der Waals surface area contributed by atoms with E-state index in [2.05, 4.69) is 20.6 Å². The van der Waals surface area contributed by atoms with Crippen LogP contribution in [0.3, 0.4) is 0 Å². The van der Waals surface area contributed by atoms with Gasteiger partial charge in [0.1, 0.15) is 52.7 Å². The molecule has 0 saturated carbocycles. The first-order chi connectivity index (χ1) is 35.3. The van der Waals surface area contributed by atoms with Crippen LogP contribution in [0.4, 0.5) is 11.4 Å². The number of hydrogen-bond donors (Lipinski definition) is 8. The number of fused-ring (bicyclic) bond motifs is 2. The van der Waals surface area contributed by atoms with Gasteiger partial charge >= 0.3 is 23.2 Å². The molecule has 2 aliphatic heterocycles. The molecule has 400 valence electrons. The van der Waals surface area contributed by atoms with Crippen LogP contribution in [0.1, 0.15) is 77.6 Å². The fourth-order valence-corrected chi connectivity index (χ4v) is 9.21. The molecule has 2 aliphatic rings. The summed E-state index contributed by atoms with van der Waals surface area (Å²) in [5.41, 5.74) is -4.62. The molecular weight excluding hydrogens is 989 g/mol. The molecule has 24 heteroatoms. The second-order valence-electron chi connectivity index (χ2n) is 19.2. The molecule has 0 spiro atoms. The Labute approximate surface area is 425 Å². The van der Waals surface area contributed by atoms with Gasteiger partial charge in [-0.3, -0.25) is 9.59 Å². The van der Waals surface area contributed by atoms with Crippen LogP contribution >= 0.6 is 0 Å². The van der Waals surface area contributed by atoms with Gasteiger partial charge in [0.25, 0.3) is 0 Å². The molecule has 4 aromatic heterocycles. The zero-order valence-corrected chi connectivity index (χ0v) is 42.3. The number of anilines is 2. The van der Waals surface area contributed by atoms with Crippen LogP contribution in [0.5, 0.6) is 23.0 Å². The Bertz CT molecular complexity index is 3110. The first-order valence-electron chi connectivity index (χ1n) is 23.4. The number of nitrogens with one attached hydrogen (secondary N) is 4. The standard InChI is InChI=1S/C51H56N4O20/c1-20-11-15-26(52-20)44(62)72-40-36(60)48(74-50(5,6)42(40)66-9)68-28-17-13-24-34(58)32(46(64)70-38(24)22(28)3)54-30(56)19-31(57)55-33-35(59)25-14-18-29(23(4)39(25)71-47(33)65)69-49-37(61)41(43(67-10)51(7,8)75-49)73-45(63)27-16-12-21(2)53-27/h11-18,36-37,40-43,48-49,52-53,58-61H,19H2,1-10H3,(H,54,56)(H,55,57). The summed E-state index contributed by atoms with van der Waals surface area (Å²) in [5, 5.41) is 49.5. The highest BCUT2D eigenvalue weighted by atomic mass is 16.7. The van der Waals surface area contributed by atoms with Crippen LogP contribution in [-0.2, 0) is 38.0 Å². The van der Waals surface area contributed by atoms with Gasteiger partial charge in [-0.05, 0) is 104 Å². The van der Waals surface area contributed by atoms with Gasteiger partial charge in [-0.1, -0.05) is 0 Å². The quantitative estimate of drug-likeness (QED) is 0.0426. The van der Waals surface area contributed by atoms with E-state index in [9.17, 15) is 49.2 Å². The summed E-state index contributed by atoms with van der Waals surface area (Å²) in [7, 11) is 2.74. The summed E-state index contributed by atoms with van der Waals surface area (Å²) in [5.74, 6) is -5.21. The second kappa shape index (κ2) is 20.5. The van der Waals surface area contributed by atoms with E-state index in [1.807, 2.05) is 0 Å². The summed E-state index contributed by atoms with van der Waals surface area (Å²) >= 11 is 0.